The van der Waals surface area contributed by atoms with Crippen LogP contribution >= 0.6 is 0 Å². The van der Waals surface area contributed by atoms with Gasteiger partial charge in [-0.1, -0.05) is 0 Å². The van der Waals surface area contributed by atoms with E-state index in [2.05, 4.69) is 10.6 Å². The summed E-state index contributed by atoms with van der Waals surface area (Å²) in [5.74, 6) is 0.844. The second-order valence-corrected chi connectivity index (χ2v) is 9.63. The van der Waals surface area contributed by atoms with Crippen LogP contribution in [0.15, 0.2) is 18.2 Å². The second kappa shape index (κ2) is 7.65. The molecule has 1 aromatic carbocycles. The first kappa shape index (κ1) is 21.9. The number of carbonyl (C=O) groups excluding carboxylic acids is 1. The number of rotatable bonds is 7. The first-order valence-corrected chi connectivity index (χ1v) is 10.6. The molecule has 2 atom stereocenters. The van der Waals surface area contributed by atoms with Gasteiger partial charge in [-0.25, -0.2) is 0 Å². The molecule has 4 fully saturated rings. The van der Waals surface area contributed by atoms with Gasteiger partial charge >= 0.3 is 6.18 Å². The average Bonchev–Trinajstić information content (AvgIpc) is 2.61. The number of halogens is 3. The van der Waals surface area contributed by atoms with E-state index in [1.807, 2.05) is 0 Å². The Kier molecular flexibility index (Phi) is 5.39. The lowest BCUT2D eigenvalue weighted by atomic mass is 9.47. The van der Waals surface area contributed by atoms with Gasteiger partial charge < -0.3 is 15.7 Å². The zero-order valence-corrected chi connectivity index (χ0v) is 17.0. The van der Waals surface area contributed by atoms with Gasteiger partial charge in [0, 0.05) is 25.6 Å². The van der Waals surface area contributed by atoms with Crippen molar-refractivity contribution in [2.24, 2.45) is 17.3 Å². The molecule has 4 bridgehead atoms. The number of alkyl halides is 3. The van der Waals surface area contributed by atoms with Crippen molar-refractivity contribution >= 4 is 17.3 Å². The monoisotopic (exact) mass is 441 g/mol. The van der Waals surface area contributed by atoms with Crippen LogP contribution in [-0.4, -0.2) is 34.6 Å². The number of nitrogens with one attached hydrogen (secondary N) is 2. The molecule has 10 heteroatoms. The van der Waals surface area contributed by atoms with Gasteiger partial charge in [0.25, 0.3) is 5.69 Å². The normalized spacial score (nSPS) is 31.5. The molecule has 4 aliphatic rings. The minimum atomic E-state index is -4.67. The molecule has 31 heavy (non-hydrogen) atoms. The highest BCUT2D eigenvalue weighted by atomic mass is 19.4. The molecule has 1 aromatic rings. The molecule has 170 valence electrons. The summed E-state index contributed by atoms with van der Waals surface area (Å²) in [6.07, 6.45) is 1.10. The van der Waals surface area contributed by atoms with Crippen molar-refractivity contribution < 1.29 is 28.0 Å². The van der Waals surface area contributed by atoms with Crippen molar-refractivity contribution in [2.45, 2.75) is 56.7 Å². The molecule has 1 amide bonds. The SMILES string of the molecule is O=C(CC12CC3CC(CC(O)(C3)C1)C2)NCCNc1ccc(C(F)(F)F)cc1[N+](=O)[O-]. The third-order valence-electron chi connectivity index (χ3n) is 6.97. The number of aliphatic hydroxyl groups is 1. The van der Waals surface area contributed by atoms with E-state index in [4.69, 9.17) is 0 Å². The Morgan fingerprint density at radius 2 is 1.87 bits per heavy atom. The van der Waals surface area contributed by atoms with Gasteiger partial charge in [0.2, 0.25) is 5.91 Å². The maximum Gasteiger partial charge on any atom is 0.416 e. The fourth-order valence-corrected chi connectivity index (χ4v) is 6.42. The van der Waals surface area contributed by atoms with Crippen LogP contribution in [-0.2, 0) is 11.0 Å². The fourth-order valence-electron chi connectivity index (χ4n) is 6.42. The Hall–Kier alpha value is -2.36. The van der Waals surface area contributed by atoms with E-state index < -0.39 is 28.0 Å². The standard InChI is InChI=1S/C21H26F3N3O4/c22-21(23,24)15-1-2-16(17(6-15)27(30)31)25-3-4-26-18(28)11-19-7-13-5-14(8-19)10-20(29,9-13)12-19/h1-2,6,13-14,25,29H,3-5,7-12H2,(H,26,28). The van der Waals surface area contributed by atoms with Gasteiger partial charge in [0.15, 0.2) is 0 Å². The van der Waals surface area contributed by atoms with E-state index >= 15 is 0 Å². The van der Waals surface area contributed by atoms with Crippen molar-refractivity contribution in [1.29, 1.82) is 0 Å². The lowest BCUT2D eigenvalue weighted by Gasteiger charge is -2.60. The third-order valence-corrected chi connectivity index (χ3v) is 6.97. The van der Waals surface area contributed by atoms with Crippen molar-refractivity contribution in [3.05, 3.63) is 33.9 Å². The van der Waals surface area contributed by atoms with Gasteiger partial charge in [-0.2, -0.15) is 13.2 Å². The van der Waals surface area contributed by atoms with Gasteiger partial charge in [-0.3, -0.25) is 14.9 Å². The summed E-state index contributed by atoms with van der Waals surface area (Å²) in [5, 5.41) is 27.4. The molecule has 0 heterocycles. The number of hydrogen-bond donors (Lipinski definition) is 3. The first-order chi connectivity index (χ1) is 14.5. The minimum Gasteiger partial charge on any atom is -0.390 e. The Morgan fingerprint density at radius 1 is 1.19 bits per heavy atom. The van der Waals surface area contributed by atoms with Gasteiger partial charge in [-0.15, -0.1) is 0 Å². The number of anilines is 1. The predicted octanol–water partition coefficient (Wildman–Crippen LogP) is 3.86. The van der Waals surface area contributed by atoms with Crippen LogP contribution in [0.2, 0.25) is 0 Å². The summed E-state index contributed by atoms with van der Waals surface area (Å²) >= 11 is 0. The number of nitrogens with zero attached hydrogens (tertiary/aromatic N) is 1. The lowest BCUT2D eigenvalue weighted by molar-refractivity contribution is -0.384. The molecule has 0 saturated heterocycles. The predicted molar refractivity (Wildman–Crippen MR) is 106 cm³/mol. The van der Waals surface area contributed by atoms with Crippen LogP contribution in [0.5, 0.6) is 0 Å². The van der Waals surface area contributed by atoms with Gasteiger partial charge in [0.1, 0.15) is 5.69 Å². The topological polar surface area (TPSA) is 104 Å². The van der Waals surface area contributed by atoms with Crippen molar-refractivity contribution in [3.8, 4) is 0 Å². The minimum absolute atomic E-state index is 0.0319. The molecule has 4 saturated carbocycles. The quantitative estimate of drug-likeness (QED) is 0.339. The van der Waals surface area contributed by atoms with E-state index in [1.54, 1.807) is 0 Å². The van der Waals surface area contributed by atoms with Gasteiger partial charge in [0.05, 0.1) is 16.1 Å². The fraction of sp³-hybridized carbons (Fsp3) is 0.667. The first-order valence-electron chi connectivity index (χ1n) is 10.6. The highest BCUT2D eigenvalue weighted by molar-refractivity contribution is 5.77. The maximum absolute atomic E-state index is 12.8. The maximum atomic E-state index is 12.8. The van der Waals surface area contributed by atoms with Crippen LogP contribution < -0.4 is 10.6 Å². The van der Waals surface area contributed by atoms with E-state index in [0.717, 1.165) is 44.2 Å². The number of hydrogen-bond acceptors (Lipinski definition) is 5. The molecule has 4 aliphatic carbocycles. The number of nitro benzene ring substituents is 1. The van der Waals surface area contributed by atoms with Crippen molar-refractivity contribution in [2.75, 3.05) is 18.4 Å². The zero-order chi connectivity index (χ0) is 22.4. The molecule has 5 rings (SSSR count). The average molecular weight is 441 g/mol. The molecular weight excluding hydrogens is 415 g/mol. The lowest BCUT2D eigenvalue weighted by Crippen LogP contribution is -2.56. The zero-order valence-electron chi connectivity index (χ0n) is 17.0. The summed E-state index contributed by atoms with van der Waals surface area (Å²) in [6, 6.07) is 2.31. The molecule has 3 N–H and O–H groups in total. The molecule has 0 aliphatic heterocycles. The summed E-state index contributed by atoms with van der Waals surface area (Å²) in [6.45, 7) is 0.324. The van der Waals surface area contributed by atoms with E-state index in [0.29, 0.717) is 30.7 Å². The Morgan fingerprint density at radius 3 is 2.45 bits per heavy atom. The third kappa shape index (κ3) is 4.63. The van der Waals surface area contributed by atoms with E-state index in [1.165, 1.54) is 0 Å². The van der Waals surface area contributed by atoms with Crippen molar-refractivity contribution in [1.82, 2.24) is 5.32 Å². The highest BCUT2D eigenvalue weighted by Crippen LogP contribution is 2.62. The second-order valence-electron chi connectivity index (χ2n) is 9.63. The highest BCUT2D eigenvalue weighted by Gasteiger charge is 2.57. The Bertz CT molecular complexity index is 875. The van der Waals surface area contributed by atoms with Crippen LogP contribution in [0.4, 0.5) is 24.5 Å². The molecular formula is C21H26F3N3O4. The van der Waals surface area contributed by atoms with Crippen LogP contribution in [0.1, 0.15) is 50.5 Å². The van der Waals surface area contributed by atoms with Gasteiger partial charge in [-0.05, 0) is 67.9 Å². The van der Waals surface area contributed by atoms with Crippen molar-refractivity contribution in [3.63, 3.8) is 0 Å². The summed E-state index contributed by atoms with van der Waals surface area (Å²) in [4.78, 5) is 22.8. The summed E-state index contributed by atoms with van der Waals surface area (Å²) in [5.41, 5.74) is -2.57. The summed E-state index contributed by atoms with van der Waals surface area (Å²) in [7, 11) is 0. The van der Waals surface area contributed by atoms with E-state index in [-0.39, 0.29) is 30.1 Å². The molecule has 2 unspecified atom stereocenters. The van der Waals surface area contributed by atoms with E-state index in [9.17, 15) is 33.2 Å². The number of amides is 1. The molecule has 7 nitrogen and oxygen atoms in total. The van der Waals surface area contributed by atoms with Crippen LogP contribution in [0.25, 0.3) is 0 Å². The Labute approximate surface area is 177 Å². The summed E-state index contributed by atoms with van der Waals surface area (Å²) < 4.78 is 38.4. The number of nitro groups is 1. The van der Waals surface area contributed by atoms with Crippen LogP contribution in [0, 0.1) is 27.4 Å². The number of benzene rings is 1. The molecule has 0 aromatic heterocycles. The Balaban J connectivity index is 1.29. The largest absolute Gasteiger partial charge is 0.416 e. The number of carbonyl (C=O) groups is 1. The molecule has 0 spiro atoms. The molecule has 0 radical (unpaired) electrons. The smallest absolute Gasteiger partial charge is 0.390 e. The van der Waals surface area contributed by atoms with Crippen LogP contribution in [0.3, 0.4) is 0 Å².